The Balaban J connectivity index is 0.00000181. The molecule has 0 heterocycles. The molecule has 0 radical (unpaired) electrons. The van der Waals surface area contributed by atoms with Gasteiger partial charge in [0.2, 0.25) is 0 Å². The molecule has 1 unspecified atom stereocenters. The van der Waals surface area contributed by atoms with E-state index in [1.165, 1.54) is 11.1 Å². The van der Waals surface area contributed by atoms with Gasteiger partial charge >= 0.3 is 187 Å². The normalized spacial score (nSPS) is 16.8. The van der Waals surface area contributed by atoms with E-state index in [0.717, 1.165) is 12.8 Å². The first-order chi connectivity index (χ1) is 14.0. The van der Waals surface area contributed by atoms with Crippen LogP contribution < -0.4 is 0 Å². The van der Waals surface area contributed by atoms with Gasteiger partial charge in [-0.3, -0.25) is 0 Å². The molecule has 0 spiro atoms. The fourth-order valence-electron chi connectivity index (χ4n) is 5.89. The topological polar surface area (TPSA) is 9.23 Å². The number of rotatable bonds is 6. The fourth-order valence-corrected chi connectivity index (χ4v) is 24.0. The average molecular weight is 585 g/mol. The molecule has 1 atom stereocenters. The van der Waals surface area contributed by atoms with Gasteiger partial charge in [-0.2, -0.15) is 0 Å². The van der Waals surface area contributed by atoms with Gasteiger partial charge < -0.3 is 0 Å². The molecule has 1 nitrogen and oxygen atoms in total. The van der Waals surface area contributed by atoms with Gasteiger partial charge in [-0.1, -0.05) is 0 Å². The molecule has 2 aliphatic carbocycles. The molecule has 0 fully saturated rings. The predicted molar refractivity (Wildman–Crippen MR) is 148 cm³/mol. The average Bonchev–Trinajstić information content (AvgIpc) is 3.23. The number of benzene rings is 2. The maximum atomic E-state index is 6.43. The maximum absolute atomic E-state index is 6.43. The van der Waals surface area contributed by atoms with Crippen LogP contribution in [-0.4, -0.2) is 21.3 Å². The summed E-state index contributed by atoms with van der Waals surface area (Å²) in [6.07, 6.45) is 7.31. The minimum atomic E-state index is -3.34. The summed E-state index contributed by atoms with van der Waals surface area (Å²) in [5.41, 5.74) is 7.62. The van der Waals surface area contributed by atoms with Gasteiger partial charge in [0.15, 0.2) is 0 Å². The smallest absolute Gasteiger partial charge is 0.147 e. The third kappa shape index (κ3) is 5.21. The Morgan fingerprint density at radius 3 is 1.97 bits per heavy atom. The largest absolute Gasteiger partial charge is 0.147 e. The third-order valence-corrected chi connectivity index (χ3v) is 25.1. The molecule has 6 heteroatoms. The molecule has 0 aromatic heterocycles. The second-order valence-corrected chi connectivity index (χ2v) is 45.3. The summed E-state index contributed by atoms with van der Waals surface area (Å²) in [6.45, 7) is 11.5. The second-order valence-electron chi connectivity index (χ2n) is 11.3. The van der Waals surface area contributed by atoms with Gasteiger partial charge in [-0.25, -0.2) is 0 Å². The van der Waals surface area contributed by atoms with Crippen molar-refractivity contribution < 1.29 is 21.8 Å². The molecule has 0 saturated carbocycles. The van der Waals surface area contributed by atoms with Gasteiger partial charge in [0.1, 0.15) is 0 Å². The van der Waals surface area contributed by atoms with Crippen LogP contribution >= 0.6 is 24.8 Å². The first-order valence-corrected chi connectivity index (χ1v) is 28.2. The fraction of sp³-hybridized carbons (Fsp3) is 0.385. The second kappa shape index (κ2) is 9.80. The van der Waals surface area contributed by atoms with E-state index >= 15 is 0 Å². The molecule has 0 saturated heterocycles. The summed E-state index contributed by atoms with van der Waals surface area (Å²) >= 11 is -3.34. The number of hydrogen-bond donors (Lipinski definition) is 0. The molecule has 0 N–H and O–H groups in total. The molecule has 32 heavy (non-hydrogen) atoms. The molecule has 174 valence electrons. The van der Waals surface area contributed by atoms with E-state index in [9.17, 15) is 0 Å². The van der Waals surface area contributed by atoms with Crippen LogP contribution in [0.1, 0.15) is 34.5 Å². The molecule has 2 aromatic carbocycles. The van der Waals surface area contributed by atoms with Gasteiger partial charge in [0.25, 0.3) is 0 Å². The Bertz CT molecular complexity index is 1080. The zero-order valence-electron chi connectivity index (χ0n) is 20.3. The van der Waals surface area contributed by atoms with Crippen molar-refractivity contribution in [2.75, 3.05) is 0 Å². The van der Waals surface area contributed by atoms with E-state index in [0.29, 0.717) is 9.73 Å². The van der Waals surface area contributed by atoms with E-state index in [1.807, 2.05) is 0 Å². The zero-order chi connectivity index (χ0) is 21.8. The summed E-state index contributed by atoms with van der Waals surface area (Å²) in [4.78, 5) is 0. The quantitative estimate of drug-likeness (QED) is 0.315. The molecule has 0 bridgehead atoms. The summed E-state index contributed by atoms with van der Waals surface area (Å²) in [5, 5.41) is 0. The van der Waals surface area contributed by atoms with Crippen LogP contribution in [0.15, 0.2) is 69.5 Å². The summed E-state index contributed by atoms with van der Waals surface area (Å²) in [7, 11) is -1.53. The SMILES string of the molecule is CC(CC1=[C]([Zr]([CH3])([CH3])(=[SiH2])[CH]2c3ccccc3-c3ccccc32)CC=C1)O[Si](C)(C)C.Cl.Cl. The Labute approximate surface area is 210 Å². The van der Waals surface area contributed by atoms with Crippen LogP contribution in [0.3, 0.4) is 0 Å². The van der Waals surface area contributed by atoms with Crippen LogP contribution in [0.2, 0.25) is 28.9 Å². The van der Waals surface area contributed by atoms with Gasteiger partial charge in [0, 0.05) is 0 Å². The molecule has 0 amide bonds. The van der Waals surface area contributed by atoms with Gasteiger partial charge in [-0.15, -0.1) is 24.8 Å². The van der Waals surface area contributed by atoms with E-state index in [2.05, 4.69) is 103 Å². The molecular formula is C26H38Cl2OSi2Zr. The molecule has 2 aliphatic rings. The van der Waals surface area contributed by atoms with E-state index in [4.69, 9.17) is 4.43 Å². The Morgan fingerprint density at radius 2 is 1.47 bits per heavy atom. The predicted octanol–water partition coefficient (Wildman–Crippen LogP) is 7.78. The van der Waals surface area contributed by atoms with Crippen LogP contribution in [0.5, 0.6) is 0 Å². The van der Waals surface area contributed by atoms with Crippen molar-refractivity contribution in [1.82, 2.24) is 0 Å². The number of hydrogen-bond acceptors (Lipinski definition) is 1. The monoisotopic (exact) mass is 582 g/mol. The van der Waals surface area contributed by atoms with E-state index in [1.54, 1.807) is 20.0 Å². The number of fused-ring (bicyclic) bond motifs is 3. The van der Waals surface area contributed by atoms with Crippen LogP contribution in [0.4, 0.5) is 0 Å². The van der Waals surface area contributed by atoms with Crippen molar-refractivity contribution in [1.29, 1.82) is 0 Å². The van der Waals surface area contributed by atoms with Crippen molar-refractivity contribution in [3.63, 3.8) is 0 Å². The minimum Gasteiger partial charge on any atom is -0.147 e. The van der Waals surface area contributed by atoms with Crippen molar-refractivity contribution in [2.24, 2.45) is 0 Å². The first kappa shape index (κ1) is 28.0. The standard InChI is InChI=1S/C13H9.C11H19OSi.2CH3.2ClH.H2Si.Zr/c1-3-7-12-10(5-1)9-11-6-2-4-8-13(11)12;1-10(12-13(2,3)4)9-11-7-5-6-8-11;;;;;;/h1-9H;5,7,10H,6,9H2,1-4H3;2*1H3;2*1H;1H2;. The Hall–Kier alpha value is -0.223. The van der Waals surface area contributed by atoms with Crippen molar-refractivity contribution >= 4 is 40.0 Å². The van der Waals surface area contributed by atoms with Crippen LogP contribution in [-0.2, 0) is 21.8 Å². The Morgan fingerprint density at radius 1 is 0.969 bits per heavy atom. The van der Waals surface area contributed by atoms with Crippen molar-refractivity contribution in [2.45, 2.75) is 58.4 Å². The molecule has 2 aromatic rings. The number of halogens is 2. The van der Waals surface area contributed by atoms with Crippen LogP contribution in [0.25, 0.3) is 11.1 Å². The van der Waals surface area contributed by atoms with Crippen molar-refractivity contribution in [3.05, 3.63) is 80.7 Å². The number of allylic oxidation sites excluding steroid dienone is 3. The third-order valence-electron chi connectivity index (χ3n) is 6.84. The Kier molecular flexibility index (Phi) is 8.58. The van der Waals surface area contributed by atoms with Crippen LogP contribution in [0, 0.1) is 0 Å². The van der Waals surface area contributed by atoms with E-state index < -0.39 is 25.7 Å². The zero-order valence-corrected chi connectivity index (χ0v) is 26.8. The minimum absolute atomic E-state index is 0. The molecule has 0 aliphatic heterocycles. The molecular weight excluding hydrogens is 547 g/mol. The van der Waals surface area contributed by atoms with E-state index in [-0.39, 0.29) is 24.8 Å². The summed E-state index contributed by atoms with van der Waals surface area (Å²) < 4.78 is 14.2. The molecule has 4 rings (SSSR count). The maximum Gasteiger partial charge on any atom is -0.147 e. The summed E-state index contributed by atoms with van der Waals surface area (Å²) in [5.74, 6) is 0. The van der Waals surface area contributed by atoms with Gasteiger partial charge in [0.05, 0.1) is 0 Å². The summed E-state index contributed by atoms with van der Waals surface area (Å²) in [6, 6.07) is 18.3. The van der Waals surface area contributed by atoms with Gasteiger partial charge in [-0.05, 0) is 0 Å². The van der Waals surface area contributed by atoms with Crippen molar-refractivity contribution in [3.8, 4) is 11.1 Å². The first-order valence-electron chi connectivity index (χ1n) is 11.3.